The van der Waals surface area contributed by atoms with Crippen LogP contribution in [0.15, 0.2) is 11.6 Å². The van der Waals surface area contributed by atoms with Crippen molar-refractivity contribution >= 4 is 6.03 Å². The van der Waals surface area contributed by atoms with Crippen LogP contribution in [0.3, 0.4) is 0 Å². The highest BCUT2D eigenvalue weighted by molar-refractivity contribution is 5.80. The molecule has 0 spiro atoms. The van der Waals surface area contributed by atoms with E-state index in [0.29, 0.717) is 0 Å². The Balaban J connectivity index is 2.20. The SMILES string of the molecule is CC1=CC2NC(=O)NC12. The van der Waals surface area contributed by atoms with E-state index in [1.54, 1.807) is 0 Å². The second-order valence-electron chi connectivity index (χ2n) is 2.53. The number of rotatable bonds is 0. The predicted molar refractivity (Wildman–Crippen MR) is 33.0 cm³/mol. The van der Waals surface area contributed by atoms with Crippen LogP contribution >= 0.6 is 0 Å². The first kappa shape index (κ1) is 4.85. The Labute approximate surface area is 53.1 Å². The topological polar surface area (TPSA) is 41.1 Å². The minimum atomic E-state index is -0.0434. The number of carbonyl (C=O) groups excluding carboxylic acids is 1. The van der Waals surface area contributed by atoms with Crippen LogP contribution in [0.5, 0.6) is 0 Å². The Hall–Kier alpha value is -0.990. The average molecular weight is 124 g/mol. The molecule has 9 heavy (non-hydrogen) atoms. The van der Waals surface area contributed by atoms with Crippen molar-refractivity contribution in [1.82, 2.24) is 10.6 Å². The zero-order valence-corrected chi connectivity index (χ0v) is 5.14. The maximum absolute atomic E-state index is 10.6. The van der Waals surface area contributed by atoms with Crippen LogP contribution < -0.4 is 10.6 Å². The molecule has 0 aromatic heterocycles. The molecule has 0 saturated carbocycles. The zero-order valence-electron chi connectivity index (χ0n) is 5.14. The summed E-state index contributed by atoms with van der Waals surface area (Å²) in [6, 6.07) is 0.521. The number of hydrogen-bond acceptors (Lipinski definition) is 1. The molecule has 1 aliphatic heterocycles. The van der Waals surface area contributed by atoms with Gasteiger partial charge in [0.1, 0.15) is 0 Å². The van der Waals surface area contributed by atoms with Crippen molar-refractivity contribution in [2.75, 3.05) is 0 Å². The number of urea groups is 1. The van der Waals surface area contributed by atoms with Crippen LogP contribution in [-0.4, -0.2) is 18.1 Å². The maximum atomic E-state index is 10.6. The highest BCUT2D eigenvalue weighted by Crippen LogP contribution is 2.22. The van der Waals surface area contributed by atoms with E-state index in [2.05, 4.69) is 16.7 Å². The molecule has 0 aromatic rings. The fourth-order valence-electron chi connectivity index (χ4n) is 1.31. The molecule has 2 aliphatic rings. The van der Waals surface area contributed by atoms with E-state index in [0.717, 1.165) is 0 Å². The van der Waals surface area contributed by atoms with Crippen molar-refractivity contribution in [3.8, 4) is 0 Å². The lowest BCUT2D eigenvalue weighted by atomic mass is 9.90. The van der Waals surface area contributed by atoms with Gasteiger partial charge in [-0.1, -0.05) is 11.6 Å². The Bertz CT molecular complexity index is 197. The van der Waals surface area contributed by atoms with Crippen LogP contribution in [0, 0.1) is 0 Å². The van der Waals surface area contributed by atoms with Gasteiger partial charge in [-0.2, -0.15) is 0 Å². The van der Waals surface area contributed by atoms with E-state index in [1.807, 2.05) is 6.92 Å². The third-order valence-electron chi connectivity index (χ3n) is 1.88. The highest BCUT2D eigenvalue weighted by atomic mass is 16.2. The largest absolute Gasteiger partial charge is 0.330 e. The molecular formula is C6H8N2O. The summed E-state index contributed by atoms with van der Waals surface area (Å²) in [6.45, 7) is 2.02. The van der Waals surface area contributed by atoms with Crippen molar-refractivity contribution in [1.29, 1.82) is 0 Å². The Morgan fingerprint density at radius 2 is 2.33 bits per heavy atom. The van der Waals surface area contributed by atoms with E-state index in [4.69, 9.17) is 0 Å². The first-order valence-corrected chi connectivity index (χ1v) is 3.03. The summed E-state index contributed by atoms with van der Waals surface area (Å²) in [5.41, 5.74) is 1.26. The number of nitrogens with one attached hydrogen (secondary N) is 2. The lowest BCUT2D eigenvalue weighted by Crippen LogP contribution is -2.40. The number of amides is 2. The number of hydrogen-bond donors (Lipinski definition) is 2. The summed E-state index contributed by atoms with van der Waals surface area (Å²) >= 11 is 0. The molecule has 48 valence electrons. The highest BCUT2D eigenvalue weighted by Gasteiger charge is 2.37. The molecule has 0 bridgehead atoms. The molecule has 2 atom stereocenters. The summed E-state index contributed by atoms with van der Waals surface area (Å²) < 4.78 is 0. The van der Waals surface area contributed by atoms with E-state index >= 15 is 0 Å². The van der Waals surface area contributed by atoms with Crippen LogP contribution in [0.4, 0.5) is 4.79 Å². The lowest BCUT2D eigenvalue weighted by molar-refractivity contribution is 0.247. The van der Waals surface area contributed by atoms with E-state index in [-0.39, 0.29) is 18.1 Å². The maximum Gasteiger partial charge on any atom is 0.315 e. The van der Waals surface area contributed by atoms with Gasteiger partial charge < -0.3 is 10.6 Å². The third-order valence-corrected chi connectivity index (χ3v) is 1.88. The smallest absolute Gasteiger partial charge is 0.315 e. The minimum Gasteiger partial charge on any atom is -0.330 e. The standard InChI is InChI=1S/C6H8N2O/c1-3-2-4-5(3)8-6(9)7-4/h2,4-5H,1H3,(H2,7,8,9). The summed E-state index contributed by atoms with van der Waals surface area (Å²) in [7, 11) is 0. The van der Waals surface area contributed by atoms with Gasteiger partial charge in [-0.15, -0.1) is 0 Å². The summed E-state index contributed by atoms with van der Waals surface area (Å²) in [5, 5.41) is 5.54. The molecule has 2 N–H and O–H groups in total. The molecule has 1 saturated heterocycles. The molecule has 3 heteroatoms. The number of carbonyl (C=O) groups is 1. The van der Waals surface area contributed by atoms with E-state index in [9.17, 15) is 4.79 Å². The van der Waals surface area contributed by atoms with Crippen LogP contribution in [0.2, 0.25) is 0 Å². The normalized spacial score (nSPS) is 37.9. The Morgan fingerprint density at radius 3 is 2.78 bits per heavy atom. The molecule has 1 heterocycles. The molecule has 2 rings (SSSR count). The predicted octanol–water partition coefficient (Wildman–Crippen LogP) is -0.00370. The molecule has 2 unspecified atom stereocenters. The third kappa shape index (κ3) is 0.487. The molecule has 1 fully saturated rings. The van der Waals surface area contributed by atoms with Gasteiger partial charge in [0.2, 0.25) is 0 Å². The van der Waals surface area contributed by atoms with Gasteiger partial charge >= 0.3 is 6.03 Å². The Morgan fingerprint density at radius 1 is 1.56 bits per heavy atom. The average Bonchev–Trinajstić information content (AvgIpc) is 2.08. The molecule has 1 aliphatic carbocycles. The minimum absolute atomic E-state index is 0.0434. The molecule has 2 amide bonds. The van der Waals surface area contributed by atoms with E-state index in [1.165, 1.54) is 5.57 Å². The van der Waals surface area contributed by atoms with Crippen LogP contribution in [0.1, 0.15) is 6.92 Å². The second-order valence-corrected chi connectivity index (χ2v) is 2.53. The van der Waals surface area contributed by atoms with Gasteiger partial charge in [0.15, 0.2) is 0 Å². The molecule has 0 radical (unpaired) electrons. The fourth-order valence-corrected chi connectivity index (χ4v) is 1.31. The molecule has 0 aromatic carbocycles. The number of fused-ring (bicyclic) bond motifs is 1. The second kappa shape index (κ2) is 1.29. The Kier molecular flexibility index (Phi) is 0.695. The van der Waals surface area contributed by atoms with E-state index < -0.39 is 0 Å². The summed E-state index contributed by atoms with van der Waals surface area (Å²) in [5.74, 6) is 0. The molecule has 3 nitrogen and oxygen atoms in total. The van der Waals surface area contributed by atoms with Gasteiger partial charge in [0.25, 0.3) is 0 Å². The van der Waals surface area contributed by atoms with Crippen molar-refractivity contribution in [3.05, 3.63) is 11.6 Å². The monoisotopic (exact) mass is 124 g/mol. The first-order valence-electron chi connectivity index (χ1n) is 3.03. The van der Waals surface area contributed by atoms with Crippen LogP contribution in [0.25, 0.3) is 0 Å². The van der Waals surface area contributed by atoms with Gasteiger partial charge in [-0.25, -0.2) is 4.79 Å². The quantitative estimate of drug-likeness (QED) is 0.438. The fraction of sp³-hybridized carbons (Fsp3) is 0.500. The summed E-state index contributed by atoms with van der Waals surface area (Å²) in [6.07, 6.45) is 2.06. The lowest BCUT2D eigenvalue weighted by Gasteiger charge is -2.25. The van der Waals surface area contributed by atoms with Crippen molar-refractivity contribution in [2.45, 2.75) is 19.0 Å². The van der Waals surface area contributed by atoms with Gasteiger partial charge in [-0.3, -0.25) is 0 Å². The van der Waals surface area contributed by atoms with Crippen LogP contribution in [-0.2, 0) is 0 Å². The van der Waals surface area contributed by atoms with Gasteiger partial charge in [0, 0.05) is 0 Å². The van der Waals surface area contributed by atoms with Crippen molar-refractivity contribution in [2.24, 2.45) is 0 Å². The first-order chi connectivity index (χ1) is 4.27. The van der Waals surface area contributed by atoms with Gasteiger partial charge in [0.05, 0.1) is 12.1 Å². The van der Waals surface area contributed by atoms with Crippen molar-refractivity contribution in [3.63, 3.8) is 0 Å². The van der Waals surface area contributed by atoms with Crippen molar-refractivity contribution < 1.29 is 4.79 Å². The van der Waals surface area contributed by atoms with Gasteiger partial charge in [-0.05, 0) is 6.92 Å². The summed E-state index contributed by atoms with van der Waals surface area (Å²) in [4.78, 5) is 10.6. The molecular weight excluding hydrogens is 116 g/mol. The zero-order chi connectivity index (χ0) is 6.43.